The molecule has 1 unspecified atom stereocenters. The van der Waals surface area contributed by atoms with E-state index in [1.165, 1.54) is 4.31 Å². The van der Waals surface area contributed by atoms with Crippen molar-refractivity contribution in [3.05, 3.63) is 29.8 Å². The molecule has 0 radical (unpaired) electrons. The molecule has 0 N–H and O–H groups in total. The Hall–Kier alpha value is -1.56. The van der Waals surface area contributed by atoms with Gasteiger partial charge >= 0.3 is 0 Å². The highest BCUT2D eigenvalue weighted by Crippen LogP contribution is 2.29. The molecule has 138 valence electrons. The molecule has 3 rings (SSSR count). The predicted molar refractivity (Wildman–Crippen MR) is 100 cm³/mol. The lowest BCUT2D eigenvalue weighted by Gasteiger charge is -2.35. The van der Waals surface area contributed by atoms with E-state index in [9.17, 15) is 13.2 Å². The van der Waals surface area contributed by atoms with Crippen LogP contribution >= 0.6 is 0 Å². The van der Waals surface area contributed by atoms with Crippen LogP contribution in [-0.2, 0) is 21.2 Å². The monoisotopic (exact) mass is 364 g/mol. The van der Waals surface area contributed by atoms with E-state index in [2.05, 4.69) is 6.92 Å². The smallest absolute Gasteiger partial charge is 0.235 e. The first-order chi connectivity index (χ1) is 12.0. The van der Waals surface area contributed by atoms with Gasteiger partial charge in [-0.3, -0.25) is 9.10 Å². The molecule has 5 nitrogen and oxygen atoms in total. The summed E-state index contributed by atoms with van der Waals surface area (Å²) in [6.45, 7) is 3.37. The van der Waals surface area contributed by atoms with Crippen LogP contribution in [0.2, 0.25) is 0 Å². The number of likely N-dealkylation sites (tertiary alicyclic amines) is 1. The van der Waals surface area contributed by atoms with Crippen molar-refractivity contribution < 1.29 is 13.2 Å². The summed E-state index contributed by atoms with van der Waals surface area (Å²) in [5.41, 5.74) is 1.86. The molecule has 1 aromatic carbocycles. The fraction of sp³-hybridized carbons (Fsp3) is 0.632. The molecule has 25 heavy (non-hydrogen) atoms. The molecule has 2 aliphatic heterocycles. The van der Waals surface area contributed by atoms with Gasteiger partial charge in [-0.1, -0.05) is 25.1 Å². The van der Waals surface area contributed by atoms with Crippen molar-refractivity contribution >= 4 is 21.6 Å². The first kappa shape index (κ1) is 18.2. The Morgan fingerprint density at radius 3 is 2.76 bits per heavy atom. The minimum atomic E-state index is -3.47. The van der Waals surface area contributed by atoms with Crippen molar-refractivity contribution in [3.63, 3.8) is 0 Å². The lowest BCUT2D eigenvalue weighted by atomic mass is 10.00. The summed E-state index contributed by atoms with van der Waals surface area (Å²) in [7, 11) is -3.47. The average Bonchev–Trinajstić information content (AvgIpc) is 2.65. The summed E-state index contributed by atoms with van der Waals surface area (Å²) >= 11 is 0. The minimum Gasteiger partial charge on any atom is -0.340 e. The lowest BCUT2D eigenvalue weighted by Crippen LogP contribution is -2.44. The molecule has 0 bridgehead atoms. The number of sulfonamides is 1. The Labute approximate surface area is 151 Å². The number of rotatable bonds is 5. The largest absolute Gasteiger partial charge is 0.340 e. The number of hydrogen-bond acceptors (Lipinski definition) is 3. The topological polar surface area (TPSA) is 57.7 Å². The van der Waals surface area contributed by atoms with Gasteiger partial charge in [0.05, 0.1) is 11.4 Å². The fourth-order valence-corrected chi connectivity index (χ4v) is 5.55. The van der Waals surface area contributed by atoms with Crippen LogP contribution in [0.15, 0.2) is 24.3 Å². The summed E-state index contributed by atoms with van der Waals surface area (Å²) in [6, 6.07) is 7.95. The number of nitrogens with zero attached hydrogens (tertiary/aromatic N) is 2. The van der Waals surface area contributed by atoms with E-state index >= 15 is 0 Å². The van der Waals surface area contributed by atoms with E-state index in [0.29, 0.717) is 6.54 Å². The second-order valence-corrected chi connectivity index (χ2v) is 9.03. The zero-order valence-electron chi connectivity index (χ0n) is 15.0. The normalized spacial score (nSPS) is 21.1. The van der Waals surface area contributed by atoms with Crippen LogP contribution in [0, 0.1) is 0 Å². The highest BCUT2D eigenvalue weighted by molar-refractivity contribution is 7.92. The van der Waals surface area contributed by atoms with Crippen LogP contribution in [0.25, 0.3) is 0 Å². The van der Waals surface area contributed by atoms with Gasteiger partial charge in [0.2, 0.25) is 15.9 Å². The fourth-order valence-electron chi connectivity index (χ4n) is 4.01. The molecule has 1 saturated heterocycles. The summed E-state index contributed by atoms with van der Waals surface area (Å²) in [5.74, 6) is -0.118. The third kappa shape index (κ3) is 4.00. The highest BCUT2D eigenvalue weighted by Gasteiger charge is 2.30. The Morgan fingerprint density at radius 1 is 1.16 bits per heavy atom. The van der Waals surface area contributed by atoms with E-state index in [-0.39, 0.29) is 24.1 Å². The molecule has 1 aromatic rings. The maximum atomic E-state index is 12.8. The molecule has 1 fully saturated rings. The van der Waals surface area contributed by atoms with Crippen molar-refractivity contribution in [3.8, 4) is 0 Å². The Kier molecular flexibility index (Phi) is 5.67. The molecule has 0 aliphatic carbocycles. The van der Waals surface area contributed by atoms with Crippen LogP contribution in [0.3, 0.4) is 0 Å². The second-order valence-electron chi connectivity index (χ2n) is 7.02. The zero-order valence-corrected chi connectivity index (χ0v) is 15.8. The van der Waals surface area contributed by atoms with Crippen molar-refractivity contribution in [2.45, 2.75) is 57.9 Å². The first-order valence-corrected chi connectivity index (χ1v) is 11.0. The molecule has 2 heterocycles. The molecule has 6 heteroatoms. The number of piperidine rings is 1. The van der Waals surface area contributed by atoms with Crippen LogP contribution in [0.1, 0.15) is 51.0 Å². The summed E-state index contributed by atoms with van der Waals surface area (Å²) < 4.78 is 27.2. The summed E-state index contributed by atoms with van der Waals surface area (Å²) in [4.78, 5) is 14.5. The van der Waals surface area contributed by atoms with E-state index in [1.54, 1.807) is 0 Å². The van der Waals surface area contributed by atoms with Gasteiger partial charge in [0.1, 0.15) is 0 Å². The van der Waals surface area contributed by atoms with E-state index in [0.717, 1.165) is 56.3 Å². The summed E-state index contributed by atoms with van der Waals surface area (Å²) in [5, 5.41) is 0. The third-order valence-electron chi connectivity index (χ3n) is 5.40. The lowest BCUT2D eigenvalue weighted by molar-refractivity contribution is -0.134. The quantitative estimate of drug-likeness (QED) is 0.807. The van der Waals surface area contributed by atoms with Gasteiger partial charge in [0.25, 0.3) is 0 Å². The molecular formula is C19H28N2O3S. The number of fused-ring (bicyclic) bond motifs is 1. The number of para-hydroxylation sites is 1. The molecule has 0 saturated carbocycles. The highest BCUT2D eigenvalue weighted by atomic mass is 32.2. The number of anilines is 1. The minimum absolute atomic E-state index is 0.0135. The summed E-state index contributed by atoms with van der Waals surface area (Å²) in [6.07, 6.45) is 5.98. The molecule has 1 amide bonds. The van der Waals surface area contributed by atoms with Gasteiger partial charge in [-0.25, -0.2) is 8.42 Å². The predicted octanol–water partition coefficient (Wildman–Crippen LogP) is 2.95. The molecule has 0 spiro atoms. The maximum Gasteiger partial charge on any atom is 0.235 e. The van der Waals surface area contributed by atoms with Gasteiger partial charge in [0, 0.05) is 25.6 Å². The van der Waals surface area contributed by atoms with Gasteiger partial charge in [-0.2, -0.15) is 0 Å². The van der Waals surface area contributed by atoms with Gasteiger partial charge in [-0.05, 0) is 50.2 Å². The number of hydrogen-bond donors (Lipinski definition) is 0. The first-order valence-electron chi connectivity index (χ1n) is 9.40. The molecule has 2 aliphatic rings. The second kappa shape index (κ2) is 7.77. The standard InChI is InChI=1S/C19H28N2O3S/c1-2-17-10-5-6-13-20(17)19(22)12-15-25(23,24)21-14-7-9-16-8-3-4-11-18(16)21/h3-4,8,11,17H,2,5-7,9-10,12-15H2,1H3. The number of carbonyl (C=O) groups is 1. The number of benzene rings is 1. The number of amides is 1. The zero-order chi connectivity index (χ0) is 17.9. The van der Waals surface area contributed by atoms with Crippen molar-refractivity contribution in [1.82, 2.24) is 4.90 Å². The van der Waals surface area contributed by atoms with E-state index < -0.39 is 10.0 Å². The van der Waals surface area contributed by atoms with Crippen LogP contribution < -0.4 is 4.31 Å². The van der Waals surface area contributed by atoms with Crippen LogP contribution in [-0.4, -0.2) is 44.1 Å². The Bertz CT molecular complexity index is 717. The van der Waals surface area contributed by atoms with Gasteiger partial charge < -0.3 is 4.90 Å². The average molecular weight is 365 g/mol. The van der Waals surface area contributed by atoms with Crippen molar-refractivity contribution in [1.29, 1.82) is 0 Å². The van der Waals surface area contributed by atoms with Crippen LogP contribution in [0.5, 0.6) is 0 Å². The SMILES string of the molecule is CCC1CCCCN1C(=O)CCS(=O)(=O)N1CCCc2ccccc21. The van der Waals surface area contributed by atoms with E-state index in [1.807, 2.05) is 29.2 Å². The van der Waals surface area contributed by atoms with Crippen molar-refractivity contribution in [2.24, 2.45) is 0 Å². The number of aryl methyl sites for hydroxylation is 1. The van der Waals surface area contributed by atoms with Gasteiger partial charge in [-0.15, -0.1) is 0 Å². The third-order valence-corrected chi connectivity index (χ3v) is 7.17. The molecule has 0 aromatic heterocycles. The maximum absolute atomic E-state index is 12.8. The molecular weight excluding hydrogens is 336 g/mol. The Morgan fingerprint density at radius 2 is 1.96 bits per heavy atom. The molecule has 1 atom stereocenters. The Balaban J connectivity index is 1.67. The van der Waals surface area contributed by atoms with E-state index in [4.69, 9.17) is 0 Å². The van der Waals surface area contributed by atoms with Crippen molar-refractivity contribution in [2.75, 3.05) is 23.1 Å². The number of carbonyl (C=O) groups excluding carboxylic acids is 1. The van der Waals surface area contributed by atoms with Crippen LogP contribution in [0.4, 0.5) is 5.69 Å². The van der Waals surface area contributed by atoms with Gasteiger partial charge in [0.15, 0.2) is 0 Å².